The molecule has 2 aromatic rings. The van der Waals surface area contributed by atoms with Crippen LogP contribution in [0.25, 0.3) is 0 Å². The van der Waals surface area contributed by atoms with Gasteiger partial charge in [-0.2, -0.15) is 0 Å². The van der Waals surface area contributed by atoms with Gasteiger partial charge in [0.1, 0.15) is 6.61 Å². The van der Waals surface area contributed by atoms with Crippen molar-refractivity contribution in [3.63, 3.8) is 0 Å². The SMILES string of the molecule is Cc1ccccc1COCC(=O)NCc1ccc(Cl)c(F)c1F. The average Bonchev–Trinajstić information content (AvgIpc) is 2.54. The maximum atomic E-state index is 13.6. The first-order valence-electron chi connectivity index (χ1n) is 7.00. The molecule has 3 nitrogen and oxygen atoms in total. The van der Waals surface area contributed by atoms with Gasteiger partial charge in [-0.05, 0) is 24.1 Å². The van der Waals surface area contributed by atoms with Crippen LogP contribution in [0.1, 0.15) is 16.7 Å². The van der Waals surface area contributed by atoms with Gasteiger partial charge in [-0.3, -0.25) is 4.79 Å². The number of carbonyl (C=O) groups is 1. The Labute approximate surface area is 138 Å². The highest BCUT2D eigenvalue weighted by molar-refractivity contribution is 6.30. The van der Waals surface area contributed by atoms with E-state index in [1.807, 2.05) is 31.2 Å². The summed E-state index contributed by atoms with van der Waals surface area (Å²) in [5.74, 6) is -2.58. The third-order valence-electron chi connectivity index (χ3n) is 3.34. The molecule has 0 saturated heterocycles. The van der Waals surface area contributed by atoms with Crippen molar-refractivity contribution >= 4 is 17.5 Å². The number of hydrogen-bond acceptors (Lipinski definition) is 2. The fourth-order valence-electron chi connectivity index (χ4n) is 1.97. The molecule has 0 aliphatic heterocycles. The first kappa shape index (κ1) is 17.4. The molecule has 1 amide bonds. The van der Waals surface area contributed by atoms with E-state index in [9.17, 15) is 13.6 Å². The molecule has 0 aliphatic rings. The maximum Gasteiger partial charge on any atom is 0.246 e. The molecule has 0 aliphatic carbocycles. The Balaban J connectivity index is 1.80. The van der Waals surface area contributed by atoms with Gasteiger partial charge in [0, 0.05) is 12.1 Å². The van der Waals surface area contributed by atoms with E-state index in [0.717, 1.165) is 11.1 Å². The van der Waals surface area contributed by atoms with Gasteiger partial charge in [0.05, 0.1) is 11.6 Å². The first-order chi connectivity index (χ1) is 11.0. The summed E-state index contributed by atoms with van der Waals surface area (Å²) in [6, 6.07) is 10.3. The van der Waals surface area contributed by atoms with E-state index < -0.39 is 17.5 Å². The number of benzene rings is 2. The highest BCUT2D eigenvalue weighted by atomic mass is 35.5. The molecule has 0 bridgehead atoms. The van der Waals surface area contributed by atoms with E-state index >= 15 is 0 Å². The van der Waals surface area contributed by atoms with E-state index in [-0.39, 0.29) is 23.7 Å². The summed E-state index contributed by atoms with van der Waals surface area (Å²) >= 11 is 5.47. The summed E-state index contributed by atoms with van der Waals surface area (Å²) in [7, 11) is 0. The average molecular weight is 340 g/mol. The number of hydrogen-bond donors (Lipinski definition) is 1. The number of ether oxygens (including phenoxy) is 1. The van der Waals surface area contributed by atoms with Gasteiger partial charge in [0.2, 0.25) is 5.91 Å². The van der Waals surface area contributed by atoms with Crippen molar-refractivity contribution < 1.29 is 18.3 Å². The monoisotopic (exact) mass is 339 g/mol. The Morgan fingerprint density at radius 2 is 1.87 bits per heavy atom. The lowest BCUT2D eigenvalue weighted by atomic mass is 10.1. The molecule has 0 radical (unpaired) electrons. The van der Waals surface area contributed by atoms with Crippen molar-refractivity contribution in [2.24, 2.45) is 0 Å². The van der Waals surface area contributed by atoms with Crippen molar-refractivity contribution in [3.05, 3.63) is 69.7 Å². The molecule has 0 saturated carbocycles. The Morgan fingerprint density at radius 1 is 1.13 bits per heavy atom. The third kappa shape index (κ3) is 4.74. The van der Waals surface area contributed by atoms with Crippen LogP contribution in [0.5, 0.6) is 0 Å². The van der Waals surface area contributed by atoms with Crippen LogP contribution in [0, 0.1) is 18.6 Å². The fourth-order valence-corrected chi connectivity index (χ4v) is 2.12. The molecule has 6 heteroatoms. The van der Waals surface area contributed by atoms with E-state index in [2.05, 4.69) is 5.32 Å². The van der Waals surface area contributed by atoms with Gasteiger partial charge >= 0.3 is 0 Å². The molecule has 0 aromatic heterocycles. The van der Waals surface area contributed by atoms with Gasteiger partial charge in [-0.25, -0.2) is 8.78 Å². The second kappa shape index (κ2) is 8.04. The molecular formula is C17H16ClF2NO2. The van der Waals surface area contributed by atoms with E-state index in [0.29, 0.717) is 6.61 Å². The van der Waals surface area contributed by atoms with Crippen LogP contribution >= 0.6 is 11.6 Å². The number of aryl methyl sites for hydroxylation is 1. The molecule has 0 fully saturated rings. The quantitative estimate of drug-likeness (QED) is 0.814. The van der Waals surface area contributed by atoms with Crippen LogP contribution < -0.4 is 5.32 Å². The smallest absolute Gasteiger partial charge is 0.246 e. The van der Waals surface area contributed by atoms with Crippen molar-refractivity contribution in [3.8, 4) is 0 Å². The Bertz CT molecular complexity index is 707. The molecule has 1 N–H and O–H groups in total. The van der Waals surface area contributed by atoms with Crippen molar-refractivity contribution in [1.82, 2.24) is 5.32 Å². The molecule has 0 atom stereocenters. The normalized spacial score (nSPS) is 10.6. The van der Waals surface area contributed by atoms with E-state index in [1.165, 1.54) is 12.1 Å². The molecular weight excluding hydrogens is 324 g/mol. The Hall–Kier alpha value is -1.98. The van der Waals surface area contributed by atoms with Crippen LogP contribution in [-0.2, 0) is 22.7 Å². The third-order valence-corrected chi connectivity index (χ3v) is 3.64. The molecule has 0 heterocycles. The zero-order chi connectivity index (χ0) is 16.8. The summed E-state index contributed by atoms with van der Waals surface area (Å²) in [4.78, 5) is 11.7. The molecule has 0 unspecified atom stereocenters. The minimum absolute atomic E-state index is 0.0270. The summed E-state index contributed by atoms with van der Waals surface area (Å²) in [6.45, 7) is 1.97. The summed E-state index contributed by atoms with van der Waals surface area (Å²) < 4.78 is 32.2. The van der Waals surface area contributed by atoms with Crippen molar-refractivity contribution in [1.29, 1.82) is 0 Å². The maximum absolute atomic E-state index is 13.6. The van der Waals surface area contributed by atoms with Crippen molar-refractivity contribution in [2.45, 2.75) is 20.1 Å². The fraction of sp³-hybridized carbons (Fsp3) is 0.235. The zero-order valence-electron chi connectivity index (χ0n) is 12.5. The second-order valence-electron chi connectivity index (χ2n) is 5.03. The lowest BCUT2D eigenvalue weighted by molar-refractivity contribution is -0.126. The van der Waals surface area contributed by atoms with E-state index in [1.54, 1.807) is 0 Å². The topological polar surface area (TPSA) is 38.3 Å². The Morgan fingerprint density at radius 3 is 2.61 bits per heavy atom. The minimum atomic E-state index is -1.12. The predicted molar refractivity (Wildman–Crippen MR) is 84.0 cm³/mol. The van der Waals surface area contributed by atoms with Crippen LogP contribution in [0.2, 0.25) is 5.02 Å². The zero-order valence-corrected chi connectivity index (χ0v) is 13.3. The lowest BCUT2D eigenvalue weighted by Gasteiger charge is -2.09. The number of carbonyl (C=O) groups excluding carboxylic acids is 1. The standard InChI is InChI=1S/C17H16ClF2NO2/c1-11-4-2-3-5-13(11)9-23-10-15(22)21-8-12-6-7-14(18)17(20)16(12)19/h2-7H,8-10H2,1H3,(H,21,22). The number of rotatable bonds is 6. The van der Waals surface area contributed by atoms with Gasteiger partial charge in [-0.15, -0.1) is 0 Å². The van der Waals surface area contributed by atoms with Crippen LogP contribution in [0.15, 0.2) is 36.4 Å². The van der Waals surface area contributed by atoms with Crippen LogP contribution in [0.4, 0.5) is 8.78 Å². The first-order valence-corrected chi connectivity index (χ1v) is 7.38. The molecule has 122 valence electrons. The van der Waals surface area contributed by atoms with Gasteiger partial charge in [0.25, 0.3) is 0 Å². The molecule has 23 heavy (non-hydrogen) atoms. The lowest BCUT2D eigenvalue weighted by Crippen LogP contribution is -2.27. The second-order valence-corrected chi connectivity index (χ2v) is 5.44. The summed E-state index contributed by atoms with van der Waals surface area (Å²) in [6.07, 6.45) is 0. The molecule has 0 spiro atoms. The summed E-state index contributed by atoms with van der Waals surface area (Å²) in [5.41, 5.74) is 2.09. The highest BCUT2D eigenvalue weighted by Gasteiger charge is 2.12. The number of halogens is 3. The van der Waals surface area contributed by atoms with Gasteiger partial charge in [-0.1, -0.05) is 41.9 Å². The van der Waals surface area contributed by atoms with Crippen molar-refractivity contribution in [2.75, 3.05) is 6.61 Å². The number of amides is 1. The number of nitrogens with one attached hydrogen (secondary N) is 1. The summed E-state index contributed by atoms with van der Waals surface area (Å²) in [5, 5.41) is 2.18. The Kier molecular flexibility index (Phi) is 6.07. The predicted octanol–water partition coefficient (Wildman–Crippen LogP) is 3.76. The largest absolute Gasteiger partial charge is 0.367 e. The van der Waals surface area contributed by atoms with Gasteiger partial charge < -0.3 is 10.1 Å². The minimum Gasteiger partial charge on any atom is -0.367 e. The molecule has 2 rings (SSSR count). The molecule has 2 aromatic carbocycles. The van der Waals surface area contributed by atoms with Crippen LogP contribution in [0.3, 0.4) is 0 Å². The van der Waals surface area contributed by atoms with Crippen LogP contribution in [-0.4, -0.2) is 12.5 Å². The van der Waals surface area contributed by atoms with E-state index in [4.69, 9.17) is 16.3 Å². The highest BCUT2D eigenvalue weighted by Crippen LogP contribution is 2.20. The van der Waals surface area contributed by atoms with Gasteiger partial charge in [0.15, 0.2) is 11.6 Å².